The standard InChI is InChI=1S/2C16H13.2C4H9.C2H6Si.Zr/c2*1-12-10-14-8-5-9-15(16(14)11-12)13-6-3-2-4-7-13;2*1-3-4-2;1-3-2;/h2*2-11H,1H3;2*1,3-4H2,2H3;1-2H3;/q4*-1;;+4. The van der Waals surface area contributed by atoms with Crippen LogP contribution >= 0.6 is 0 Å². The molecule has 0 atom stereocenters. The van der Waals surface area contributed by atoms with Crippen molar-refractivity contribution in [2.75, 3.05) is 0 Å². The number of hydrogen-bond acceptors (Lipinski definition) is 0. The van der Waals surface area contributed by atoms with E-state index < -0.39 is 0 Å². The van der Waals surface area contributed by atoms with Crippen LogP contribution in [-0.2, 0) is 26.2 Å². The molecule has 226 valence electrons. The Hall–Kier alpha value is -2.80. The van der Waals surface area contributed by atoms with Crippen LogP contribution in [0.5, 0.6) is 0 Å². The fourth-order valence-corrected chi connectivity index (χ4v) is 4.51. The van der Waals surface area contributed by atoms with Crippen molar-refractivity contribution in [1.82, 2.24) is 0 Å². The number of hydrogen-bond donors (Lipinski definition) is 0. The summed E-state index contributed by atoms with van der Waals surface area (Å²) in [5.74, 6) is 0. The van der Waals surface area contributed by atoms with Gasteiger partial charge < -0.3 is 13.8 Å². The van der Waals surface area contributed by atoms with E-state index in [-0.39, 0.29) is 26.2 Å². The quantitative estimate of drug-likeness (QED) is 0.129. The molecular formula is C42H50SiZr. The van der Waals surface area contributed by atoms with E-state index in [1.807, 2.05) is 0 Å². The van der Waals surface area contributed by atoms with Crippen LogP contribution in [0, 0.1) is 27.7 Å². The Labute approximate surface area is 290 Å². The number of benzene rings is 4. The maximum atomic E-state index is 3.60. The second kappa shape index (κ2) is 22.7. The topological polar surface area (TPSA) is 0 Å². The molecule has 0 heterocycles. The van der Waals surface area contributed by atoms with Crippen LogP contribution in [0.15, 0.2) is 121 Å². The summed E-state index contributed by atoms with van der Waals surface area (Å²) in [5, 5.41) is 5.37. The van der Waals surface area contributed by atoms with Gasteiger partial charge in [0.2, 0.25) is 0 Å². The first-order valence-corrected chi connectivity index (χ1v) is 17.5. The second-order valence-corrected chi connectivity index (χ2v) is 11.6. The molecule has 0 nitrogen and oxygen atoms in total. The summed E-state index contributed by atoms with van der Waals surface area (Å²) in [5.41, 5.74) is 7.89. The Balaban J connectivity index is 0.000000327. The molecule has 0 unspecified atom stereocenters. The summed E-state index contributed by atoms with van der Waals surface area (Å²) in [7, 11) is 1.08. The summed E-state index contributed by atoms with van der Waals surface area (Å²) < 4.78 is 0. The molecule has 6 aromatic rings. The van der Waals surface area contributed by atoms with E-state index in [0.717, 1.165) is 22.4 Å². The summed E-state index contributed by atoms with van der Waals surface area (Å²) in [4.78, 5) is 0. The average Bonchev–Trinajstić information content (AvgIpc) is 3.63. The van der Waals surface area contributed by atoms with Crippen molar-refractivity contribution in [1.29, 1.82) is 0 Å². The zero-order valence-corrected chi connectivity index (χ0v) is 31.2. The SMILES string of the molecule is C[Si]C.Cc1cc2c(-c3ccccc3)cccc2[cH-]1.Cc1cc2c(-c3ccccc3)cccc2[cH-]1.[CH2-]CCC.[CH2-]CCC.[Zr+4]. The van der Waals surface area contributed by atoms with E-state index in [1.54, 1.807) is 0 Å². The van der Waals surface area contributed by atoms with Crippen LogP contribution in [-0.4, -0.2) is 9.52 Å². The molecule has 0 amide bonds. The number of fused-ring (bicyclic) bond motifs is 2. The molecule has 0 saturated carbocycles. The molecule has 0 aliphatic carbocycles. The maximum absolute atomic E-state index is 3.60. The predicted octanol–water partition coefficient (Wildman–Crippen LogP) is 13.1. The van der Waals surface area contributed by atoms with Crippen LogP contribution in [0.2, 0.25) is 13.1 Å². The van der Waals surface area contributed by atoms with Gasteiger partial charge >= 0.3 is 26.2 Å². The average molecular weight is 674 g/mol. The van der Waals surface area contributed by atoms with Crippen molar-refractivity contribution in [2.45, 2.75) is 66.5 Å². The molecule has 6 aromatic carbocycles. The van der Waals surface area contributed by atoms with E-state index in [0.29, 0.717) is 0 Å². The largest absolute Gasteiger partial charge is 4.00 e. The maximum Gasteiger partial charge on any atom is 4.00 e. The van der Waals surface area contributed by atoms with Gasteiger partial charge in [0.1, 0.15) is 0 Å². The minimum atomic E-state index is 0. The van der Waals surface area contributed by atoms with Gasteiger partial charge in [0.15, 0.2) is 0 Å². The third-order valence-electron chi connectivity index (χ3n) is 6.67. The summed E-state index contributed by atoms with van der Waals surface area (Å²) in [6.45, 7) is 20.0. The van der Waals surface area contributed by atoms with Gasteiger partial charge in [-0.25, -0.2) is 0 Å². The molecule has 44 heavy (non-hydrogen) atoms. The smallest absolute Gasteiger partial charge is 0.343 e. The van der Waals surface area contributed by atoms with Crippen molar-refractivity contribution in [3.05, 3.63) is 146 Å². The van der Waals surface area contributed by atoms with Crippen molar-refractivity contribution >= 4 is 31.1 Å². The van der Waals surface area contributed by atoms with Crippen LogP contribution in [0.4, 0.5) is 0 Å². The normalized spacial score (nSPS) is 9.64. The zero-order chi connectivity index (χ0) is 31.5. The van der Waals surface area contributed by atoms with Gasteiger partial charge in [-0.2, -0.15) is 25.0 Å². The van der Waals surface area contributed by atoms with E-state index in [9.17, 15) is 0 Å². The molecule has 6 rings (SSSR count). The summed E-state index contributed by atoms with van der Waals surface area (Å²) in [6.07, 6.45) is 4.56. The van der Waals surface area contributed by atoms with E-state index in [2.05, 4.69) is 176 Å². The first kappa shape index (κ1) is 39.2. The molecule has 0 aliphatic rings. The minimum absolute atomic E-state index is 0. The Morgan fingerprint density at radius 2 is 0.864 bits per heavy atom. The monoisotopic (exact) mass is 672 g/mol. The van der Waals surface area contributed by atoms with Crippen molar-refractivity contribution in [3.63, 3.8) is 0 Å². The van der Waals surface area contributed by atoms with Crippen molar-refractivity contribution in [2.24, 2.45) is 0 Å². The first-order valence-electron chi connectivity index (χ1n) is 15.5. The van der Waals surface area contributed by atoms with E-state index >= 15 is 0 Å². The van der Waals surface area contributed by atoms with Gasteiger partial charge in [-0.1, -0.05) is 138 Å². The molecule has 0 spiro atoms. The Bertz CT molecular complexity index is 1430. The van der Waals surface area contributed by atoms with Gasteiger partial charge in [-0.05, 0) is 11.1 Å². The molecule has 0 bridgehead atoms. The van der Waals surface area contributed by atoms with Crippen molar-refractivity contribution < 1.29 is 26.2 Å². The molecule has 0 aromatic heterocycles. The first-order chi connectivity index (χ1) is 20.9. The molecule has 2 heteroatoms. The number of unbranched alkanes of at least 4 members (excludes halogenated alkanes) is 2. The van der Waals surface area contributed by atoms with Crippen LogP contribution < -0.4 is 0 Å². The molecule has 0 fully saturated rings. The molecule has 0 aliphatic heterocycles. The number of rotatable bonds is 4. The van der Waals surface area contributed by atoms with Gasteiger partial charge in [0.05, 0.1) is 0 Å². The zero-order valence-electron chi connectivity index (χ0n) is 27.8. The van der Waals surface area contributed by atoms with Crippen LogP contribution in [0.1, 0.15) is 50.7 Å². The van der Waals surface area contributed by atoms with Crippen LogP contribution in [0.3, 0.4) is 0 Å². The molecular weight excluding hydrogens is 624 g/mol. The third-order valence-corrected chi connectivity index (χ3v) is 6.67. The van der Waals surface area contributed by atoms with Gasteiger partial charge in [0.25, 0.3) is 0 Å². The predicted molar refractivity (Wildman–Crippen MR) is 197 cm³/mol. The van der Waals surface area contributed by atoms with E-state index in [4.69, 9.17) is 0 Å². The van der Waals surface area contributed by atoms with E-state index in [1.165, 1.54) is 67.8 Å². The number of aryl methyl sites for hydroxylation is 2. The Morgan fingerprint density at radius 3 is 1.16 bits per heavy atom. The summed E-state index contributed by atoms with van der Waals surface area (Å²) in [6, 6.07) is 43.1. The second-order valence-electron chi connectivity index (χ2n) is 10.6. The summed E-state index contributed by atoms with van der Waals surface area (Å²) >= 11 is 0. The van der Waals surface area contributed by atoms with Gasteiger partial charge in [0, 0.05) is 9.52 Å². The van der Waals surface area contributed by atoms with Gasteiger partial charge in [-0.15, -0.1) is 69.1 Å². The van der Waals surface area contributed by atoms with Gasteiger partial charge in [-0.3, -0.25) is 0 Å². The fourth-order valence-electron chi connectivity index (χ4n) is 4.51. The van der Waals surface area contributed by atoms with Crippen LogP contribution in [0.25, 0.3) is 43.8 Å². The minimum Gasteiger partial charge on any atom is -0.343 e. The Morgan fingerprint density at radius 1 is 0.545 bits per heavy atom. The van der Waals surface area contributed by atoms with Crippen molar-refractivity contribution in [3.8, 4) is 22.3 Å². The fraction of sp³-hybridized carbons (Fsp3) is 0.238. The molecule has 0 N–H and O–H groups in total. The third kappa shape index (κ3) is 12.7. The Kier molecular flexibility index (Phi) is 20.2. The molecule has 0 saturated heterocycles. The molecule has 2 radical (unpaired) electrons.